The minimum atomic E-state index is -0.411. The molecule has 1 aromatic rings. The summed E-state index contributed by atoms with van der Waals surface area (Å²) in [7, 11) is 0. The van der Waals surface area contributed by atoms with E-state index in [2.05, 4.69) is 6.07 Å². The fourth-order valence-electron chi connectivity index (χ4n) is 3.50. The summed E-state index contributed by atoms with van der Waals surface area (Å²) in [6, 6.07) is 8.15. The lowest BCUT2D eigenvalue weighted by atomic mass is 9.92. The van der Waals surface area contributed by atoms with Crippen LogP contribution >= 0.6 is 0 Å². The second kappa shape index (κ2) is 6.58. The van der Waals surface area contributed by atoms with Crippen molar-refractivity contribution in [3.8, 4) is 0 Å². The number of fused-ring (bicyclic) bond motifs is 1. The molecule has 1 amide bonds. The minimum Gasteiger partial charge on any atom is -0.363 e. The average molecular weight is 288 g/mol. The molecule has 1 saturated heterocycles. The van der Waals surface area contributed by atoms with Crippen molar-refractivity contribution in [3.05, 3.63) is 35.4 Å². The molecular weight excluding hydrogens is 264 g/mol. The van der Waals surface area contributed by atoms with Crippen LogP contribution in [0.15, 0.2) is 24.3 Å². The Balaban J connectivity index is 1.74. The largest absolute Gasteiger partial charge is 0.363 e. The van der Waals surface area contributed by atoms with Gasteiger partial charge in [-0.2, -0.15) is 0 Å². The number of likely N-dealkylation sites (tertiary alicyclic amines) is 1. The normalized spacial score (nSPS) is 25.5. The first kappa shape index (κ1) is 14.5. The lowest BCUT2D eigenvalue weighted by Crippen LogP contribution is -2.44. The number of rotatable bonds is 3. The monoisotopic (exact) mass is 288 g/mol. The van der Waals surface area contributed by atoms with Crippen LogP contribution in [0.1, 0.15) is 36.5 Å². The number of hydrogen-bond donors (Lipinski definition) is 1. The van der Waals surface area contributed by atoms with Gasteiger partial charge in [0.2, 0.25) is 0 Å². The molecule has 0 bridgehead atoms. The van der Waals surface area contributed by atoms with Crippen LogP contribution in [0, 0.1) is 5.92 Å². The molecule has 2 N–H and O–H groups in total. The van der Waals surface area contributed by atoms with Crippen molar-refractivity contribution in [2.24, 2.45) is 11.7 Å². The summed E-state index contributed by atoms with van der Waals surface area (Å²) in [6.45, 7) is 3.02. The van der Waals surface area contributed by atoms with Crippen LogP contribution in [0.5, 0.6) is 0 Å². The second-order valence-corrected chi connectivity index (χ2v) is 6.07. The van der Waals surface area contributed by atoms with Gasteiger partial charge in [-0.1, -0.05) is 24.3 Å². The molecule has 2 aliphatic heterocycles. The van der Waals surface area contributed by atoms with Crippen LogP contribution in [-0.4, -0.2) is 37.0 Å². The van der Waals surface area contributed by atoms with Crippen LogP contribution in [0.2, 0.25) is 0 Å². The minimum absolute atomic E-state index is 0.129. The van der Waals surface area contributed by atoms with Crippen molar-refractivity contribution in [2.45, 2.75) is 31.8 Å². The fourth-order valence-corrected chi connectivity index (χ4v) is 3.50. The van der Waals surface area contributed by atoms with E-state index in [9.17, 15) is 4.79 Å². The van der Waals surface area contributed by atoms with Gasteiger partial charge < -0.3 is 15.4 Å². The second-order valence-electron chi connectivity index (χ2n) is 6.07. The number of nitrogens with zero attached hydrogens (tertiary/aromatic N) is 1. The first-order chi connectivity index (χ1) is 10.3. The summed E-state index contributed by atoms with van der Waals surface area (Å²) in [4.78, 5) is 14.8. The standard InChI is InChI=1S/C17H24N2O2/c18-9-7-13-4-3-10-19(12-13)17(20)16-15-6-2-1-5-14(15)8-11-21-16/h1-2,5-6,13,16H,3-4,7-12,18H2. The number of hydrogen-bond acceptors (Lipinski definition) is 3. The maximum absolute atomic E-state index is 12.8. The van der Waals surface area contributed by atoms with Gasteiger partial charge in [0, 0.05) is 13.1 Å². The maximum Gasteiger partial charge on any atom is 0.256 e. The van der Waals surface area contributed by atoms with Gasteiger partial charge in [0.15, 0.2) is 6.10 Å². The predicted octanol–water partition coefficient (Wildman–Crippen LogP) is 1.89. The van der Waals surface area contributed by atoms with Crippen molar-refractivity contribution in [3.63, 3.8) is 0 Å². The van der Waals surface area contributed by atoms with Gasteiger partial charge in [0.1, 0.15) is 0 Å². The fraction of sp³-hybridized carbons (Fsp3) is 0.588. The Bertz CT molecular complexity index is 501. The summed E-state index contributed by atoms with van der Waals surface area (Å²) in [6.07, 6.45) is 3.75. The number of carbonyl (C=O) groups excluding carboxylic acids is 1. The van der Waals surface area contributed by atoms with E-state index in [-0.39, 0.29) is 5.91 Å². The van der Waals surface area contributed by atoms with E-state index in [1.165, 1.54) is 12.0 Å². The molecule has 0 aromatic heterocycles. The van der Waals surface area contributed by atoms with E-state index in [0.717, 1.165) is 37.9 Å². The molecular formula is C17H24N2O2. The Labute approximate surface area is 126 Å². The zero-order valence-electron chi connectivity index (χ0n) is 12.5. The third-order valence-corrected chi connectivity index (χ3v) is 4.62. The molecule has 2 heterocycles. The van der Waals surface area contributed by atoms with Gasteiger partial charge in [0.05, 0.1) is 6.61 Å². The summed E-state index contributed by atoms with van der Waals surface area (Å²) in [5.41, 5.74) is 7.96. The molecule has 4 nitrogen and oxygen atoms in total. The van der Waals surface area contributed by atoms with Crippen LogP contribution < -0.4 is 5.73 Å². The summed E-state index contributed by atoms with van der Waals surface area (Å²) < 4.78 is 5.80. The zero-order valence-corrected chi connectivity index (χ0v) is 12.5. The van der Waals surface area contributed by atoms with Gasteiger partial charge in [-0.3, -0.25) is 4.79 Å². The number of benzene rings is 1. The molecule has 3 rings (SSSR count). The van der Waals surface area contributed by atoms with E-state index in [0.29, 0.717) is 19.1 Å². The molecule has 2 atom stereocenters. The van der Waals surface area contributed by atoms with E-state index in [4.69, 9.17) is 10.5 Å². The van der Waals surface area contributed by atoms with Crippen molar-refractivity contribution < 1.29 is 9.53 Å². The lowest BCUT2D eigenvalue weighted by molar-refractivity contribution is -0.147. The Morgan fingerprint density at radius 2 is 2.24 bits per heavy atom. The van der Waals surface area contributed by atoms with Crippen molar-refractivity contribution in [1.82, 2.24) is 4.90 Å². The molecule has 0 radical (unpaired) electrons. The van der Waals surface area contributed by atoms with E-state index in [1.807, 2.05) is 23.1 Å². The molecule has 0 spiro atoms. The first-order valence-corrected chi connectivity index (χ1v) is 7.98. The summed E-state index contributed by atoms with van der Waals surface area (Å²) in [5, 5.41) is 0. The Hall–Kier alpha value is -1.39. The maximum atomic E-state index is 12.8. The van der Waals surface area contributed by atoms with Crippen LogP contribution in [0.25, 0.3) is 0 Å². The third-order valence-electron chi connectivity index (χ3n) is 4.62. The van der Waals surface area contributed by atoms with Crippen LogP contribution in [-0.2, 0) is 16.0 Å². The highest BCUT2D eigenvalue weighted by atomic mass is 16.5. The Kier molecular flexibility index (Phi) is 4.56. The van der Waals surface area contributed by atoms with Crippen molar-refractivity contribution >= 4 is 5.91 Å². The van der Waals surface area contributed by atoms with Crippen molar-refractivity contribution in [1.29, 1.82) is 0 Å². The molecule has 2 aliphatic rings. The molecule has 4 heteroatoms. The van der Waals surface area contributed by atoms with Gasteiger partial charge in [-0.05, 0) is 49.3 Å². The van der Waals surface area contributed by atoms with Crippen LogP contribution in [0.3, 0.4) is 0 Å². The molecule has 2 unspecified atom stereocenters. The Morgan fingerprint density at radius 1 is 1.38 bits per heavy atom. The number of carbonyl (C=O) groups is 1. The van der Waals surface area contributed by atoms with Gasteiger partial charge >= 0.3 is 0 Å². The molecule has 0 saturated carbocycles. The molecule has 0 aliphatic carbocycles. The van der Waals surface area contributed by atoms with Gasteiger partial charge in [-0.15, -0.1) is 0 Å². The average Bonchev–Trinajstić information content (AvgIpc) is 2.54. The highest BCUT2D eigenvalue weighted by molar-refractivity contribution is 5.83. The van der Waals surface area contributed by atoms with E-state index in [1.54, 1.807) is 0 Å². The quantitative estimate of drug-likeness (QED) is 0.924. The molecule has 1 aromatic carbocycles. The molecule has 21 heavy (non-hydrogen) atoms. The topological polar surface area (TPSA) is 55.6 Å². The van der Waals surface area contributed by atoms with Gasteiger partial charge in [-0.25, -0.2) is 0 Å². The first-order valence-electron chi connectivity index (χ1n) is 7.98. The lowest BCUT2D eigenvalue weighted by Gasteiger charge is -2.36. The number of amides is 1. The number of piperidine rings is 1. The number of nitrogens with two attached hydrogens (primary N) is 1. The summed E-state index contributed by atoms with van der Waals surface area (Å²) in [5.74, 6) is 0.676. The summed E-state index contributed by atoms with van der Waals surface area (Å²) >= 11 is 0. The third kappa shape index (κ3) is 3.11. The SMILES string of the molecule is NCCC1CCCN(C(=O)C2OCCc3ccccc32)C1. The highest BCUT2D eigenvalue weighted by Crippen LogP contribution is 2.30. The van der Waals surface area contributed by atoms with E-state index >= 15 is 0 Å². The van der Waals surface area contributed by atoms with Crippen molar-refractivity contribution in [2.75, 3.05) is 26.2 Å². The molecule has 114 valence electrons. The smallest absolute Gasteiger partial charge is 0.256 e. The van der Waals surface area contributed by atoms with E-state index < -0.39 is 6.10 Å². The van der Waals surface area contributed by atoms with Crippen LogP contribution in [0.4, 0.5) is 0 Å². The van der Waals surface area contributed by atoms with Gasteiger partial charge in [0.25, 0.3) is 5.91 Å². The predicted molar refractivity (Wildman–Crippen MR) is 81.8 cm³/mol. The zero-order chi connectivity index (χ0) is 14.7. The number of ether oxygens (including phenoxy) is 1. The Morgan fingerprint density at radius 3 is 3.10 bits per heavy atom. The molecule has 1 fully saturated rings. The highest BCUT2D eigenvalue weighted by Gasteiger charge is 2.33.